The van der Waals surface area contributed by atoms with Gasteiger partial charge in [0, 0.05) is 0 Å². The molecule has 5 heteroatoms. The summed E-state index contributed by atoms with van der Waals surface area (Å²) in [5.74, 6) is 0.321. The number of nitrogens with zero attached hydrogens (tertiary/aromatic N) is 1. The molecule has 1 saturated heterocycles. The third-order valence-corrected chi connectivity index (χ3v) is 2.48. The molecule has 0 bridgehead atoms. The highest BCUT2D eigenvalue weighted by Crippen LogP contribution is 2.21. The smallest absolute Gasteiger partial charge is 0.409 e. The van der Waals surface area contributed by atoms with Gasteiger partial charge in [-0.05, 0) is 19.8 Å². The first-order chi connectivity index (χ1) is 7.84. The van der Waals surface area contributed by atoms with E-state index in [0.717, 1.165) is 0 Å². The fraction of sp³-hybridized carbons (Fsp3) is 0.917. The van der Waals surface area contributed by atoms with Crippen LogP contribution in [0.4, 0.5) is 4.79 Å². The Morgan fingerprint density at radius 3 is 2.76 bits per heavy atom. The monoisotopic (exact) mass is 245 g/mol. The van der Waals surface area contributed by atoms with Crippen molar-refractivity contribution >= 4 is 6.09 Å². The van der Waals surface area contributed by atoms with Gasteiger partial charge in [-0.2, -0.15) is 0 Å². The lowest BCUT2D eigenvalue weighted by molar-refractivity contribution is -0.143. The number of carbonyl (C=O) groups excluding carboxylic acids is 1. The molecule has 1 unspecified atom stereocenters. The Bertz CT molecular complexity index is 265. The van der Waals surface area contributed by atoms with E-state index in [1.807, 2.05) is 27.7 Å². The quantitative estimate of drug-likeness (QED) is 0.813. The average molecular weight is 245 g/mol. The lowest BCUT2D eigenvalue weighted by Crippen LogP contribution is -2.55. The van der Waals surface area contributed by atoms with Gasteiger partial charge >= 0.3 is 6.09 Å². The summed E-state index contributed by atoms with van der Waals surface area (Å²) < 4.78 is 10.8. The van der Waals surface area contributed by atoms with Crippen molar-refractivity contribution in [2.24, 2.45) is 5.92 Å². The third-order valence-electron chi connectivity index (χ3n) is 2.48. The van der Waals surface area contributed by atoms with Crippen LogP contribution < -0.4 is 0 Å². The average Bonchev–Trinajstić information content (AvgIpc) is 2.23. The van der Waals surface area contributed by atoms with Crippen molar-refractivity contribution in [3.8, 4) is 0 Å². The molecule has 1 heterocycles. The van der Waals surface area contributed by atoms with Gasteiger partial charge in [0.25, 0.3) is 0 Å². The highest BCUT2D eigenvalue weighted by Gasteiger charge is 2.35. The molecule has 17 heavy (non-hydrogen) atoms. The lowest BCUT2D eigenvalue weighted by Gasteiger charge is -2.41. The van der Waals surface area contributed by atoms with Crippen molar-refractivity contribution in [2.45, 2.75) is 39.4 Å². The van der Waals surface area contributed by atoms with Crippen LogP contribution in [0.2, 0.25) is 0 Å². The Morgan fingerprint density at radius 2 is 2.24 bits per heavy atom. The topological polar surface area (TPSA) is 59.0 Å². The molecule has 0 aliphatic carbocycles. The van der Waals surface area contributed by atoms with E-state index in [-0.39, 0.29) is 18.8 Å². The van der Waals surface area contributed by atoms with Crippen LogP contribution in [0.1, 0.15) is 27.7 Å². The highest BCUT2D eigenvalue weighted by molar-refractivity contribution is 5.67. The molecule has 1 aliphatic heterocycles. The standard InChI is InChI=1S/C12H23NO4/c1-9(2)7-16-11(15)13-5-10(6-14)17-12(3,4)8-13/h9-10,14H,5-8H2,1-4H3. The molecule has 0 aromatic rings. The van der Waals surface area contributed by atoms with Gasteiger partial charge in [-0.25, -0.2) is 4.79 Å². The van der Waals surface area contributed by atoms with E-state index >= 15 is 0 Å². The number of hydrogen-bond acceptors (Lipinski definition) is 4. The zero-order valence-electron chi connectivity index (χ0n) is 11.1. The minimum atomic E-state index is -0.442. The Balaban J connectivity index is 2.54. The van der Waals surface area contributed by atoms with Crippen LogP contribution in [-0.2, 0) is 9.47 Å². The van der Waals surface area contributed by atoms with E-state index in [4.69, 9.17) is 14.6 Å². The Morgan fingerprint density at radius 1 is 1.59 bits per heavy atom. The number of aliphatic hydroxyl groups excluding tert-OH is 1. The molecular formula is C12H23NO4. The Labute approximate surface area is 103 Å². The maximum atomic E-state index is 11.8. The van der Waals surface area contributed by atoms with Gasteiger partial charge in [-0.3, -0.25) is 0 Å². The second-order valence-electron chi connectivity index (χ2n) is 5.53. The fourth-order valence-electron chi connectivity index (χ4n) is 1.86. The first-order valence-electron chi connectivity index (χ1n) is 6.04. The normalized spacial score (nSPS) is 23.9. The van der Waals surface area contributed by atoms with E-state index in [9.17, 15) is 4.79 Å². The second kappa shape index (κ2) is 5.69. The summed E-state index contributed by atoms with van der Waals surface area (Å²) in [7, 11) is 0. The molecule has 0 aromatic carbocycles. The highest BCUT2D eigenvalue weighted by atomic mass is 16.6. The van der Waals surface area contributed by atoms with Crippen LogP contribution >= 0.6 is 0 Å². The Kier molecular flexibility index (Phi) is 4.77. The molecule has 0 spiro atoms. The number of morpholine rings is 1. The van der Waals surface area contributed by atoms with Gasteiger partial charge in [0.05, 0.1) is 38.0 Å². The van der Waals surface area contributed by atoms with Crippen molar-refractivity contribution in [1.82, 2.24) is 4.90 Å². The number of hydrogen-bond donors (Lipinski definition) is 1. The first-order valence-corrected chi connectivity index (χ1v) is 6.04. The molecule has 5 nitrogen and oxygen atoms in total. The molecule has 100 valence electrons. The molecule has 1 fully saturated rings. The van der Waals surface area contributed by atoms with E-state index in [1.54, 1.807) is 4.90 Å². The molecule has 0 saturated carbocycles. The molecule has 0 radical (unpaired) electrons. The van der Waals surface area contributed by atoms with Crippen LogP contribution in [0.25, 0.3) is 0 Å². The molecule has 1 N–H and O–H groups in total. The van der Waals surface area contributed by atoms with Crippen LogP contribution in [0, 0.1) is 5.92 Å². The molecule has 0 aromatic heterocycles. The SMILES string of the molecule is CC(C)COC(=O)N1CC(CO)OC(C)(C)C1. The maximum absolute atomic E-state index is 11.8. The number of aliphatic hydroxyl groups is 1. The Hall–Kier alpha value is -0.810. The summed E-state index contributed by atoms with van der Waals surface area (Å²) in [6.07, 6.45) is -0.654. The number of amides is 1. The summed E-state index contributed by atoms with van der Waals surface area (Å²) in [4.78, 5) is 13.4. The van der Waals surface area contributed by atoms with Gasteiger partial charge in [0.15, 0.2) is 0 Å². The molecule has 1 aliphatic rings. The van der Waals surface area contributed by atoms with Gasteiger partial charge in [0.1, 0.15) is 0 Å². The van der Waals surface area contributed by atoms with Crippen LogP contribution in [0.3, 0.4) is 0 Å². The summed E-state index contributed by atoms with van der Waals surface area (Å²) in [6, 6.07) is 0. The lowest BCUT2D eigenvalue weighted by atomic mass is 10.1. The number of rotatable bonds is 3. The zero-order valence-corrected chi connectivity index (χ0v) is 11.1. The minimum Gasteiger partial charge on any atom is -0.449 e. The number of carbonyl (C=O) groups is 1. The van der Waals surface area contributed by atoms with Crippen molar-refractivity contribution in [1.29, 1.82) is 0 Å². The fourth-order valence-corrected chi connectivity index (χ4v) is 1.86. The van der Waals surface area contributed by atoms with E-state index in [2.05, 4.69) is 0 Å². The molecular weight excluding hydrogens is 222 g/mol. The number of ether oxygens (including phenoxy) is 2. The predicted octanol–water partition coefficient (Wildman–Crippen LogP) is 1.25. The summed E-state index contributed by atoms with van der Waals surface area (Å²) in [5, 5.41) is 9.14. The van der Waals surface area contributed by atoms with Crippen LogP contribution in [0.5, 0.6) is 0 Å². The van der Waals surface area contributed by atoms with E-state index in [0.29, 0.717) is 25.6 Å². The van der Waals surface area contributed by atoms with Gasteiger partial charge < -0.3 is 19.5 Å². The molecule has 1 rings (SSSR count). The van der Waals surface area contributed by atoms with E-state index in [1.165, 1.54) is 0 Å². The largest absolute Gasteiger partial charge is 0.449 e. The second-order valence-corrected chi connectivity index (χ2v) is 5.53. The molecule has 1 amide bonds. The summed E-state index contributed by atoms with van der Waals surface area (Å²) >= 11 is 0. The summed E-state index contributed by atoms with van der Waals surface area (Å²) in [5.41, 5.74) is -0.442. The summed E-state index contributed by atoms with van der Waals surface area (Å²) in [6.45, 7) is 8.99. The van der Waals surface area contributed by atoms with Crippen molar-refractivity contribution in [2.75, 3.05) is 26.3 Å². The van der Waals surface area contributed by atoms with Crippen molar-refractivity contribution in [3.63, 3.8) is 0 Å². The van der Waals surface area contributed by atoms with Gasteiger partial charge in [0.2, 0.25) is 0 Å². The maximum Gasteiger partial charge on any atom is 0.409 e. The molecule has 1 atom stereocenters. The first kappa shape index (κ1) is 14.3. The van der Waals surface area contributed by atoms with Gasteiger partial charge in [-0.15, -0.1) is 0 Å². The predicted molar refractivity (Wildman–Crippen MR) is 63.8 cm³/mol. The van der Waals surface area contributed by atoms with Crippen molar-refractivity contribution < 1.29 is 19.4 Å². The third kappa shape index (κ3) is 4.52. The van der Waals surface area contributed by atoms with Gasteiger partial charge in [-0.1, -0.05) is 13.8 Å². The minimum absolute atomic E-state index is 0.0859. The van der Waals surface area contributed by atoms with Crippen LogP contribution in [-0.4, -0.2) is 54.1 Å². The van der Waals surface area contributed by atoms with Crippen LogP contribution in [0.15, 0.2) is 0 Å². The van der Waals surface area contributed by atoms with E-state index < -0.39 is 5.60 Å². The zero-order chi connectivity index (χ0) is 13.1. The van der Waals surface area contributed by atoms with Crippen molar-refractivity contribution in [3.05, 3.63) is 0 Å².